The molecule has 0 amide bonds. The van der Waals surface area contributed by atoms with Gasteiger partial charge in [0.05, 0.1) is 0 Å². The minimum Gasteiger partial charge on any atom is -0.431 e. The minimum absolute atomic E-state index is 0.168. The molecule has 0 rings (SSSR count). The van der Waals surface area contributed by atoms with Gasteiger partial charge in [-0.2, -0.15) is 26.3 Å². The highest BCUT2D eigenvalue weighted by atomic mass is 28.2. The molecule has 0 radical (unpaired) electrons. The first-order valence-electron chi connectivity index (χ1n) is 4.02. The normalized spacial score (nSPS) is 17.8. The molecular formula is C6H7F9OSi. The zero-order chi connectivity index (χ0) is 14.3. The van der Waals surface area contributed by atoms with Crippen LogP contribution in [0, 0.1) is 0 Å². The number of hydrogen-bond donors (Lipinski definition) is 1. The summed E-state index contributed by atoms with van der Waals surface area (Å²) in [5, 5.41) is 0. The van der Waals surface area contributed by atoms with E-state index in [1.165, 1.54) is 0 Å². The van der Waals surface area contributed by atoms with Gasteiger partial charge in [-0.05, 0) is 6.92 Å². The Morgan fingerprint density at radius 1 is 0.882 bits per heavy atom. The molecule has 11 heteroatoms. The Morgan fingerprint density at radius 3 is 1.47 bits per heavy atom. The van der Waals surface area contributed by atoms with Crippen LogP contribution in [0.5, 0.6) is 0 Å². The molecule has 0 bridgehead atoms. The molecular weight excluding hydrogens is 287 g/mol. The third-order valence-electron chi connectivity index (χ3n) is 1.97. The van der Waals surface area contributed by atoms with E-state index in [1.807, 2.05) is 0 Å². The van der Waals surface area contributed by atoms with Gasteiger partial charge in [-0.1, -0.05) is 0 Å². The molecule has 0 heterocycles. The van der Waals surface area contributed by atoms with Gasteiger partial charge < -0.3 is 4.80 Å². The number of rotatable bonds is 5. The van der Waals surface area contributed by atoms with Crippen LogP contribution in [0.4, 0.5) is 39.5 Å². The predicted molar refractivity (Wildman–Crippen MR) is 41.1 cm³/mol. The van der Waals surface area contributed by atoms with Gasteiger partial charge in [0.2, 0.25) is 9.76 Å². The van der Waals surface area contributed by atoms with E-state index in [1.54, 1.807) is 0 Å². The summed E-state index contributed by atoms with van der Waals surface area (Å²) in [5.41, 5.74) is -5.67. The van der Waals surface area contributed by atoms with Crippen molar-refractivity contribution in [2.45, 2.75) is 36.4 Å². The Labute approximate surface area is 91.5 Å². The lowest BCUT2D eigenvalue weighted by molar-refractivity contribution is -0.359. The van der Waals surface area contributed by atoms with Gasteiger partial charge >= 0.3 is 23.3 Å². The maximum Gasteiger partial charge on any atom is 0.380 e. The van der Waals surface area contributed by atoms with Crippen molar-refractivity contribution in [3.63, 3.8) is 0 Å². The molecule has 1 atom stereocenters. The molecule has 17 heavy (non-hydrogen) atoms. The summed E-state index contributed by atoms with van der Waals surface area (Å²) in [6.07, 6.45) is -3.76. The van der Waals surface area contributed by atoms with E-state index in [2.05, 4.69) is 0 Å². The second kappa shape index (κ2) is 4.34. The van der Waals surface area contributed by atoms with Crippen LogP contribution in [0.3, 0.4) is 0 Å². The maximum atomic E-state index is 12.6. The molecule has 0 aromatic rings. The van der Waals surface area contributed by atoms with Crippen LogP contribution in [0.15, 0.2) is 0 Å². The largest absolute Gasteiger partial charge is 0.431 e. The number of halogens is 9. The lowest BCUT2D eigenvalue weighted by Gasteiger charge is -2.36. The summed E-state index contributed by atoms with van der Waals surface area (Å²) in [4.78, 5) is 7.93. The molecule has 104 valence electrons. The topological polar surface area (TPSA) is 20.2 Å². The van der Waals surface area contributed by atoms with Crippen LogP contribution in [0.1, 0.15) is 6.92 Å². The van der Waals surface area contributed by atoms with Crippen molar-refractivity contribution in [1.29, 1.82) is 0 Å². The summed E-state index contributed by atoms with van der Waals surface area (Å²) in [5.74, 6) is -19.1. The van der Waals surface area contributed by atoms with Crippen LogP contribution in [0.2, 0.25) is 0 Å². The van der Waals surface area contributed by atoms with Crippen molar-refractivity contribution >= 4 is 9.76 Å². The Kier molecular flexibility index (Phi) is 4.22. The SMILES string of the molecule is CC(F)C(F)(F)C(F)(F)C(F)(F)C(F)(F)[SiH2]O. The van der Waals surface area contributed by atoms with Gasteiger partial charge in [-0.25, -0.2) is 13.2 Å². The van der Waals surface area contributed by atoms with Crippen molar-refractivity contribution in [3.05, 3.63) is 0 Å². The van der Waals surface area contributed by atoms with Crippen LogP contribution in [0.25, 0.3) is 0 Å². The lowest BCUT2D eigenvalue weighted by Crippen LogP contribution is -2.65. The third-order valence-corrected chi connectivity index (χ3v) is 2.81. The second-order valence-corrected chi connectivity index (χ2v) is 4.45. The summed E-state index contributed by atoms with van der Waals surface area (Å²) in [7, 11) is -4.04. The van der Waals surface area contributed by atoms with Crippen LogP contribution in [-0.4, -0.2) is 44.0 Å². The van der Waals surface area contributed by atoms with Gasteiger partial charge in [0.25, 0.3) is 0 Å². The van der Waals surface area contributed by atoms with E-state index >= 15 is 0 Å². The predicted octanol–water partition coefficient (Wildman–Crippen LogP) is 1.92. The Hall–Kier alpha value is -0.453. The first-order valence-corrected chi connectivity index (χ1v) is 5.36. The van der Waals surface area contributed by atoms with Gasteiger partial charge in [0.15, 0.2) is 6.17 Å². The Morgan fingerprint density at radius 2 is 1.24 bits per heavy atom. The monoisotopic (exact) mass is 294 g/mol. The van der Waals surface area contributed by atoms with Crippen molar-refractivity contribution in [2.75, 3.05) is 0 Å². The van der Waals surface area contributed by atoms with E-state index < -0.39 is 39.2 Å². The fourth-order valence-electron chi connectivity index (χ4n) is 0.788. The molecule has 1 N–H and O–H groups in total. The Balaban J connectivity index is 5.61. The molecule has 1 unspecified atom stereocenters. The van der Waals surface area contributed by atoms with E-state index in [4.69, 9.17) is 4.80 Å². The van der Waals surface area contributed by atoms with E-state index in [0.29, 0.717) is 0 Å². The second-order valence-electron chi connectivity index (χ2n) is 3.25. The zero-order valence-electron chi connectivity index (χ0n) is 8.13. The van der Waals surface area contributed by atoms with Gasteiger partial charge in [0, 0.05) is 0 Å². The average molecular weight is 294 g/mol. The summed E-state index contributed by atoms with van der Waals surface area (Å²) >= 11 is 0. The molecule has 0 saturated heterocycles. The van der Waals surface area contributed by atoms with E-state index in [0.717, 1.165) is 0 Å². The smallest absolute Gasteiger partial charge is 0.380 e. The zero-order valence-corrected chi connectivity index (χ0v) is 9.55. The van der Waals surface area contributed by atoms with Crippen molar-refractivity contribution < 1.29 is 44.3 Å². The fourth-order valence-corrected chi connectivity index (χ4v) is 1.21. The van der Waals surface area contributed by atoms with E-state index in [9.17, 15) is 39.5 Å². The van der Waals surface area contributed by atoms with Crippen molar-refractivity contribution in [1.82, 2.24) is 0 Å². The summed E-state index contributed by atoms with van der Waals surface area (Å²) in [6, 6.07) is 0. The van der Waals surface area contributed by atoms with Gasteiger partial charge in [0.1, 0.15) is 0 Å². The van der Waals surface area contributed by atoms with E-state index in [-0.39, 0.29) is 6.92 Å². The van der Waals surface area contributed by atoms with Crippen molar-refractivity contribution in [2.24, 2.45) is 0 Å². The summed E-state index contributed by atoms with van der Waals surface area (Å²) in [6.45, 7) is -0.168. The van der Waals surface area contributed by atoms with Gasteiger partial charge in [-0.3, -0.25) is 0 Å². The highest BCUT2D eigenvalue weighted by molar-refractivity contribution is 6.29. The molecule has 1 nitrogen and oxygen atoms in total. The summed E-state index contributed by atoms with van der Waals surface area (Å²) < 4.78 is 112. The number of alkyl halides is 9. The minimum atomic E-state index is -6.62. The standard InChI is InChI=1S/C6H7F9OSi/c1-2(7)3(8,9)4(10,11)5(12,13)6(14,15)17-16/h2,16H,17H2,1H3. The number of hydrogen-bond acceptors (Lipinski definition) is 1. The fraction of sp³-hybridized carbons (Fsp3) is 1.00. The molecule has 0 aromatic heterocycles. The lowest BCUT2D eigenvalue weighted by atomic mass is 10.0. The highest BCUT2D eigenvalue weighted by Crippen LogP contribution is 2.53. The molecule has 0 spiro atoms. The molecule has 0 fully saturated rings. The molecule has 0 aliphatic heterocycles. The molecule has 0 aromatic carbocycles. The molecule has 0 saturated carbocycles. The Bertz CT molecular complexity index is 277. The molecule has 0 aliphatic rings. The first kappa shape index (κ1) is 16.5. The third kappa shape index (κ3) is 2.26. The van der Waals surface area contributed by atoms with Crippen LogP contribution in [-0.2, 0) is 0 Å². The van der Waals surface area contributed by atoms with Crippen LogP contribution < -0.4 is 0 Å². The average Bonchev–Trinajstić information content (AvgIpc) is 2.16. The maximum absolute atomic E-state index is 12.6. The van der Waals surface area contributed by atoms with Gasteiger partial charge in [-0.15, -0.1) is 0 Å². The quantitative estimate of drug-likeness (QED) is 0.607. The van der Waals surface area contributed by atoms with Crippen molar-refractivity contribution in [3.8, 4) is 0 Å². The first-order chi connectivity index (χ1) is 7.25. The van der Waals surface area contributed by atoms with Crippen LogP contribution >= 0.6 is 0 Å². The molecule has 0 aliphatic carbocycles. The highest BCUT2D eigenvalue weighted by Gasteiger charge is 2.81.